The Kier molecular flexibility index (Phi) is 5.31. The van der Waals surface area contributed by atoms with Crippen LogP contribution in [-0.4, -0.2) is 27.2 Å². The number of phenols is 2. The smallest absolute Gasteiger partial charge is 0.268 e. The number of carbonyl (C=O) groups is 1. The number of phenolic OH excluding ortho intramolecular Hbond substituents is 2. The molecule has 0 spiro atoms. The fourth-order valence-corrected chi connectivity index (χ4v) is 3.24. The van der Waals surface area contributed by atoms with Gasteiger partial charge >= 0.3 is 0 Å². The van der Waals surface area contributed by atoms with Crippen LogP contribution in [0.4, 0.5) is 5.69 Å². The van der Waals surface area contributed by atoms with Gasteiger partial charge in [-0.25, -0.2) is 0 Å². The number of nitrogens with one attached hydrogen (secondary N) is 1. The van der Waals surface area contributed by atoms with Gasteiger partial charge in [0.15, 0.2) is 0 Å². The summed E-state index contributed by atoms with van der Waals surface area (Å²) in [5.41, 5.74) is 9.52. The van der Waals surface area contributed by atoms with Crippen LogP contribution in [0.25, 0.3) is 16.9 Å². The van der Waals surface area contributed by atoms with Gasteiger partial charge in [0, 0.05) is 29.5 Å². The van der Waals surface area contributed by atoms with E-state index in [9.17, 15) is 15.0 Å². The lowest BCUT2D eigenvalue weighted by molar-refractivity contribution is 0.0949. The van der Waals surface area contributed by atoms with Crippen molar-refractivity contribution >= 4 is 11.6 Å². The molecule has 0 aliphatic carbocycles. The number of benzene rings is 2. The van der Waals surface area contributed by atoms with E-state index in [0.717, 1.165) is 11.3 Å². The van der Waals surface area contributed by atoms with Crippen molar-refractivity contribution in [2.24, 2.45) is 0 Å². The number of nitrogens with two attached hydrogens (primary N) is 1. The number of aromatic hydroxyl groups is 2. The molecule has 1 heterocycles. The van der Waals surface area contributed by atoms with E-state index in [1.54, 1.807) is 34.9 Å². The molecule has 1 aromatic heterocycles. The van der Waals surface area contributed by atoms with Crippen LogP contribution in [0.3, 0.4) is 0 Å². The van der Waals surface area contributed by atoms with Gasteiger partial charge in [-0.2, -0.15) is 0 Å². The lowest BCUT2D eigenvalue weighted by Gasteiger charge is -2.17. The lowest BCUT2D eigenvalue weighted by Crippen LogP contribution is -2.25. The zero-order valence-corrected chi connectivity index (χ0v) is 16.2. The molecule has 0 aliphatic heterocycles. The first-order chi connectivity index (χ1) is 13.3. The Morgan fingerprint density at radius 1 is 1.07 bits per heavy atom. The summed E-state index contributed by atoms with van der Waals surface area (Å²) in [7, 11) is 0. The number of nitrogen functional groups attached to an aromatic ring is 1. The average Bonchev–Trinajstić information content (AvgIpc) is 3.07. The standard InChI is InChI=1S/C22H25N3O3/c1-4-24-22(28)19-10-9-18(25(19)15-7-5-14(23)6-8-15)17-11-16(13(2)3)20(26)12-21(17)27/h5-13,26-27H,4,23H2,1-3H3,(H,24,28). The summed E-state index contributed by atoms with van der Waals surface area (Å²) < 4.78 is 1.78. The van der Waals surface area contributed by atoms with Crippen LogP contribution in [0.15, 0.2) is 48.5 Å². The summed E-state index contributed by atoms with van der Waals surface area (Å²) in [6, 6.07) is 13.8. The summed E-state index contributed by atoms with van der Waals surface area (Å²) in [6.07, 6.45) is 0. The minimum atomic E-state index is -0.215. The first-order valence-corrected chi connectivity index (χ1v) is 9.25. The molecule has 0 saturated heterocycles. The Hall–Kier alpha value is -3.41. The van der Waals surface area contributed by atoms with Crippen molar-refractivity contribution in [1.29, 1.82) is 0 Å². The average molecular weight is 379 g/mol. The molecule has 6 nitrogen and oxygen atoms in total. The van der Waals surface area contributed by atoms with E-state index in [0.29, 0.717) is 29.2 Å². The van der Waals surface area contributed by atoms with Crippen LogP contribution in [0.2, 0.25) is 0 Å². The Morgan fingerprint density at radius 2 is 1.75 bits per heavy atom. The van der Waals surface area contributed by atoms with Crippen LogP contribution in [-0.2, 0) is 0 Å². The number of hydrogen-bond donors (Lipinski definition) is 4. The predicted molar refractivity (Wildman–Crippen MR) is 111 cm³/mol. The fourth-order valence-electron chi connectivity index (χ4n) is 3.24. The Balaban J connectivity index is 2.26. The van der Waals surface area contributed by atoms with Crippen molar-refractivity contribution in [3.05, 3.63) is 59.8 Å². The molecule has 5 N–H and O–H groups in total. The Morgan fingerprint density at radius 3 is 2.36 bits per heavy atom. The highest BCUT2D eigenvalue weighted by Gasteiger charge is 2.21. The monoisotopic (exact) mass is 379 g/mol. The van der Waals surface area contributed by atoms with Gasteiger partial charge < -0.3 is 25.8 Å². The highest BCUT2D eigenvalue weighted by Crippen LogP contribution is 2.39. The molecule has 146 valence electrons. The molecule has 0 atom stereocenters. The second-order valence-electron chi connectivity index (χ2n) is 6.97. The molecule has 0 saturated carbocycles. The van der Waals surface area contributed by atoms with Crippen molar-refractivity contribution < 1.29 is 15.0 Å². The second-order valence-corrected chi connectivity index (χ2v) is 6.97. The quantitative estimate of drug-likeness (QED) is 0.503. The maximum atomic E-state index is 12.6. The van der Waals surface area contributed by atoms with Crippen molar-refractivity contribution in [2.45, 2.75) is 26.7 Å². The third-order valence-corrected chi connectivity index (χ3v) is 4.65. The Bertz CT molecular complexity index is 1000. The molecule has 28 heavy (non-hydrogen) atoms. The van der Waals surface area contributed by atoms with Crippen LogP contribution in [0.1, 0.15) is 42.7 Å². The van der Waals surface area contributed by atoms with Crippen LogP contribution in [0, 0.1) is 0 Å². The fraction of sp³-hybridized carbons (Fsp3) is 0.227. The Labute approximate surface area is 164 Å². The van der Waals surface area contributed by atoms with Gasteiger partial charge in [0.05, 0.1) is 5.69 Å². The van der Waals surface area contributed by atoms with Gasteiger partial charge in [-0.15, -0.1) is 0 Å². The predicted octanol–water partition coefficient (Wildman–Crippen LogP) is 4.01. The summed E-state index contributed by atoms with van der Waals surface area (Å²) in [6.45, 7) is 6.29. The van der Waals surface area contributed by atoms with E-state index in [1.807, 2.05) is 32.9 Å². The second kappa shape index (κ2) is 7.68. The lowest BCUT2D eigenvalue weighted by atomic mass is 9.97. The molecular weight excluding hydrogens is 354 g/mol. The first kappa shape index (κ1) is 19.4. The zero-order chi connectivity index (χ0) is 20.4. The maximum Gasteiger partial charge on any atom is 0.268 e. The zero-order valence-electron chi connectivity index (χ0n) is 16.2. The SMILES string of the molecule is CCNC(=O)c1ccc(-c2cc(C(C)C)c(O)cc2O)n1-c1ccc(N)cc1. The number of aromatic nitrogens is 1. The van der Waals surface area contributed by atoms with Gasteiger partial charge in [0.25, 0.3) is 5.91 Å². The van der Waals surface area contributed by atoms with Gasteiger partial charge in [0.1, 0.15) is 17.2 Å². The summed E-state index contributed by atoms with van der Waals surface area (Å²) >= 11 is 0. The maximum absolute atomic E-state index is 12.6. The summed E-state index contributed by atoms with van der Waals surface area (Å²) in [5.74, 6) is -0.153. The third kappa shape index (κ3) is 3.53. The van der Waals surface area contributed by atoms with E-state index in [-0.39, 0.29) is 23.3 Å². The molecule has 3 rings (SSSR count). The normalized spacial score (nSPS) is 11.0. The topological polar surface area (TPSA) is 101 Å². The van der Waals surface area contributed by atoms with Gasteiger partial charge in [0.2, 0.25) is 0 Å². The number of nitrogens with zero attached hydrogens (tertiary/aromatic N) is 1. The first-order valence-electron chi connectivity index (χ1n) is 9.25. The van der Waals surface area contributed by atoms with E-state index < -0.39 is 0 Å². The molecule has 2 aromatic carbocycles. The minimum absolute atomic E-state index is 0.0470. The highest BCUT2D eigenvalue weighted by molar-refractivity contribution is 5.95. The van der Waals surface area contributed by atoms with Gasteiger partial charge in [-0.05, 0) is 60.9 Å². The van der Waals surface area contributed by atoms with E-state index in [1.165, 1.54) is 6.07 Å². The number of carbonyl (C=O) groups excluding carboxylic acids is 1. The highest BCUT2D eigenvalue weighted by atomic mass is 16.3. The molecule has 6 heteroatoms. The number of anilines is 1. The van der Waals surface area contributed by atoms with Gasteiger partial charge in [-0.3, -0.25) is 4.79 Å². The van der Waals surface area contributed by atoms with Crippen molar-refractivity contribution in [2.75, 3.05) is 12.3 Å². The summed E-state index contributed by atoms with van der Waals surface area (Å²) in [4.78, 5) is 12.6. The minimum Gasteiger partial charge on any atom is -0.508 e. The molecule has 3 aromatic rings. The third-order valence-electron chi connectivity index (χ3n) is 4.65. The van der Waals surface area contributed by atoms with Crippen LogP contribution in [0.5, 0.6) is 11.5 Å². The molecule has 0 fully saturated rings. The van der Waals surface area contributed by atoms with E-state index in [2.05, 4.69) is 5.32 Å². The number of amides is 1. The van der Waals surface area contributed by atoms with E-state index >= 15 is 0 Å². The molecule has 1 amide bonds. The van der Waals surface area contributed by atoms with Gasteiger partial charge in [-0.1, -0.05) is 13.8 Å². The molecule has 0 unspecified atom stereocenters. The molecule has 0 radical (unpaired) electrons. The van der Waals surface area contributed by atoms with Crippen LogP contribution < -0.4 is 11.1 Å². The van der Waals surface area contributed by atoms with E-state index in [4.69, 9.17) is 5.73 Å². The van der Waals surface area contributed by atoms with Crippen molar-refractivity contribution in [1.82, 2.24) is 9.88 Å². The van der Waals surface area contributed by atoms with Crippen molar-refractivity contribution in [3.8, 4) is 28.4 Å². The number of hydrogen-bond acceptors (Lipinski definition) is 4. The molecule has 0 bridgehead atoms. The molecule has 0 aliphatic rings. The molecular formula is C22H25N3O3. The van der Waals surface area contributed by atoms with Crippen molar-refractivity contribution in [3.63, 3.8) is 0 Å². The largest absolute Gasteiger partial charge is 0.508 e. The van der Waals surface area contributed by atoms with Crippen LogP contribution >= 0.6 is 0 Å². The number of rotatable bonds is 5. The summed E-state index contributed by atoms with van der Waals surface area (Å²) in [5, 5.41) is 23.5.